The van der Waals surface area contributed by atoms with E-state index in [1.165, 1.54) is 0 Å². The fourth-order valence-corrected chi connectivity index (χ4v) is 1.39. The zero-order chi connectivity index (χ0) is 7.56. The lowest BCUT2D eigenvalue weighted by molar-refractivity contribution is -0.124. The number of carbonyl (C=O) groups is 1. The quantitative estimate of drug-likeness (QED) is 0.586. The van der Waals surface area contributed by atoms with Crippen LogP contribution in [-0.2, 0) is 4.79 Å². The minimum absolute atomic E-state index is 0.368. The molecule has 0 radical (unpaired) electrons. The fraction of sp³-hybridized carbons (Fsp3) is 0.889. The lowest BCUT2D eigenvalue weighted by atomic mass is 9.95. The molecule has 0 aromatic carbocycles. The molecule has 1 aliphatic rings. The topological polar surface area (TPSA) is 17.1 Å². The molecular formula is C9H16O. The monoisotopic (exact) mass is 140 g/mol. The van der Waals surface area contributed by atoms with E-state index >= 15 is 0 Å². The molecule has 10 heavy (non-hydrogen) atoms. The van der Waals surface area contributed by atoms with Gasteiger partial charge < -0.3 is 0 Å². The minimum Gasteiger partial charge on any atom is -0.299 e. The van der Waals surface area contributed by atoms with Crippen molar-refractivity contribution in [1.82, 2.24) is 0 Å². The van der Waals surface area contributed by atoms with Crippen LogP contribution in [0.15, 0.2) is 0 Å². The molecule has 0 amide bonds. The first-order valence-electron chi connectivity index (χ1n) is 4.33. The number of rotatable bonds is 4. The van der Waals surface area contributed by atoms with Crippen molar-refractivity contribution < 1.29 is 4.79 Å². The smallest absolute Gasteiger partial charge is 0.139 e. The first-order valence-corrected chi connectivity index (χ1v) is 4.33. The second-order valence-corrected chi connectivity index (χ2v) is 3.19. The standard InChI is InChI=1S/C9H16O/c1-3-7(4-2)9(10)8-5-6-8/h7-8H,3-6H2,1-2H3. The zero-order valence-corrected chi connectivity index (χ0v) is 6.89. The van der Waals surface area contributed by atoms with Gasteiger partial charge in [0.25, 0.3) is 0 Å². The predicted molar refractivity (Wildman–Crippen MR) is 41.8 cm³/mol. The summed E-state index contributed by atoms with van der Waals surface area (Å²) in [6, 6.07) is 0. The normalized spacial score (nSPS) is 17.9. The van der Waals surface area contributed by atoms with Gasteiger partial charge in [0.05, 0.1) is 0 Å². The summed E-state index contributed by atoms with van der Waals surface area (Å²) in [6.07, 6.45) is 4.39. The van der Waals surface area contributed by atoms with Crippen LogP contribution in [0, 0.1) is 11.8 Å². The molecule has 0 heterocycles. The maximum absolute atomic E-state index is 11.4. The molecule has 0 atom stereocenters. The van der Waals surface area contributed by atoms with Crippen molar-refractivity contribution in [1.29, 1.82) is 0 Å². The van der Waals surface area contributed by atoms with Crippen molar-refractivity contribution in [3.63, 3.8) is 0 Å². The molecule has 0 N–H and O–H groups in total. The molecule has 1 fully saturated rings. The summed E-state index contributed by atoms with van der Waals surface area (Å²) in [7, 11) is 0. The highest BCUT2D eigenvalue weighted by molar-refractivity contribution is 5.85. The first kappa shape index (κ1) is 7.77. The summed E-state index contributed by atoms with van der Waals surface area (Å²) in [6.45, 7) is 4.21. The Bertz CT molecular complexity index is 121. The van der Waals surface area contributed by atoms with Crippen molar-refractivity contribution >= 4 is 5.78 Å². The maximum Gasteiger partial charge on any atom is 0.139 e. The lowest BCUT2D eigenvalue weighted by Gasteiger charge is -2.08. The van der Waals surface area contributed by atoms with Gasteiger partial charge in [-0.05, 0) is 25.7 Å². The average molecular weight is 140 g/mol. The minimum atomic E-state index is 0.368. The predicted octanol–water partition coefficient (Wildman–Crippen LogP) is 2.40. The van der Waals surface area contributed by atoms with Crippen LogP contribution in [0.4, 0.5) is 0 Å². The Labute approximate surface area is 62.8 Å². The molecule has 0 spiro atoms. The van der Waals surface area contributed by atoms with Gasteiger partial charge in [0, 0.05) is 11.8 Å². The number of carbonyl (C=O) groups excluding carboxylic acids is 1. The highest BCUT2D eigenvalue weighted by atomic mass is 16.1. The Kier molecular flexibility index (Phi) is 2.47. The summed E-state index contributed by atoms with van der Waals surface area (Å²) in [5.41, 5.74) is 0. The third kappa shape index (κ3) is 1.59. The van der Waals surface area contributed by atoms with E-state index in [1.54, 1.807) is 0 Å². The highest BCUT2D eigenvalue weighted by Gasteiger charge is 2.32. The Morgan fingerprint density at radius 3 is 2.20 bits per heavy atom. The first-order chi connectivity index (χ1) is 4.79. The molecule has 0 aromatic heterocycles. The van der Waals surface area contributed by atoms with E-state index in [9.17, 15) is 4.79 Å². The van der Waals surface area contributed by atoms with Crippen molar-refractivity contribution in [2.24, 2.45) is 11.8 Å². The van der Waals surface area contributed by atoms with Crippen molar-refractivity contribution in [3.05, 3.63) is 0 Å². The third-order valence-electron chi connectivity index (χ3n) is 2.37. The molecule has 1 saturated carbocycles. The van der Waals surface area contributed by atoms with Crippen LogP contribution in [0.25, 0.3) is 0 Å². The third-order valence-corrected chi connectivity index (χ3v) is 2.37. The van der Waals surface area contributed by atoms with Crippen molar-refractivity contribution in [3.8, 4) is 0 Å². The van der Waals surface area contributed by atoms with E-state index in [-0.39, 0.29) is 0 Å². The zero-order valence-electron chi connectivity index (χ0n) is 6.89. The van der Waals surface area contributed by atoms with Crippen molar-refractivity contribution in [2.45, 2.75) is 39.5 Å². The molecule has 0 saturated heterocycles. The summed E-state index contributed by atoms with van der Waals surface area (Å²) in [5.74, 6) is 1.36. The number of hydrogen-bond acceptors (Lipinski definition) is 1. The van der Waals surface area contributed by atoms with Gasteiger partial charge in [0.1, 0.15) is 5.78 Å². The van der Waals surface area contributed by atoms with Gasteiger partial charge in [-0.3, -0.25) is 4.79 Å². The van der Waals surface area contributed by atoms with Gasteiger partial charge in [-0.1, -0.05) is 13.8 Å². The van der Waals surface area contributed by atoms with Crippen molar-refractivity contribution in [2.75, 3.05) is 0 Å². The number of ketones is 1. The van der Waals surface area contributed by atoms with Crippen LogP contribution in [0.1, 0.15) is 39.5 Å². The molecular weight excluding hydrogens is 124 g/mol. The van der Waals surface area contributed by atoms with Gasteiger partial charge in [-0.15, -0.1) is 0 Å². The second-order valence-electron chi connectivity index (χ2n) is 3.19. The Morgan fingerprint density at radius 1 is 1.40 bits per heavy atom. The molecule has 0 unspecified atom stereocenters. The van der Waals surface area contributed by atoms with E-state index in [4.69, 9.17) is 0 Å². The molecule has 58 valence electrons. The summed E-state index contributed by atoms with van der Waals surface area (Å²) >= 11 is 0. The highest BCUT2D eigenvalue weighted by Crippen LogP contribution is 2.33. The van der Waals surface area contributed by atoms with E-state index in [2.05, 4.69) is 13.8 Å². The number of hydrogen-bond donors (Lipinski definition) is 0. The number of Topliss-reactive ketones (excluding diaryl/α,β-unsaturated/α-hetero) is 1. The van der Waals surface area contributed by atoms with E-state index < -0.39 is 0 Å². The maximum atomic E-state index is 11.4. The van der Waals surface area contributed by atoms with Gasteiger partial charge >= 0.3 is 0 Å². The second kappa shape index (κ2) is 3.18. The van der Waals surface area contributed by atoms with E-state index in [0.29, 0.717) is 17.6 Å². The Hall–Kier alpha value is -0.330. The Morgan fingerprint density at radius 2 is 1.90 bits per heavy atom. The summed E-state index contributed by atoms with van der Waals surface area (Å²) < 4.78 is 0. The summed E-state index contributed by atoms with van der Waals surface area (Å²) in [5, 5.41) is 0. The van der Waals surface area contributed by atoms with Crippen LogP contribution < -0.4 is 0 Å². The largest absolute Gasteiger partial charge is 0.299 e. The average Bonchev–Trinajstić information content (AvgIpc) is 2.71. The van der Waals surface area contributed by atoms with E-state index in [0.717, 1.165) is 25.7 Å². The molecule has 1 heteroatoms. The van der Waals surface area contributed by atoms with Gasteiger partial charge in [-0.25, -0.2) is 0 Å². The molecule has 0 bridgehead atoms. The Balaban J connectivity index is 2.35. The van der Waals surface area contributed by atoms with Crippen LogP contribution in [-0.4, -0.2) is 5.78 Å². The van der Waals surface area contributed by atoms with Crippen LogP contribution >= 0.6 is 0 Å². The SMILES string of the molecule is CCC(CC)C(=O)C1CC1. The summed E-state index contributed by atoms with van der Waals surface area (Å²) in [4.78, 5) is 11.4. The van der Waals surface area contributed by atoms with E-state index in [1.807, 2.05) is 0 Å². The van der Waals surface area contributed by atoms with Gasteiger partial charge in [-0.2, -0.15) is 0 Å². The molecule has 1 aliphatic carbocycles. The van der Waals surface area contributed by atoms with Gasteiger partial charge in [0.15, 0.2) is 0 Å². The fourth-order valence-electron chi connectivity index (χ4n) is 1.39. The molecule has 0 aliphatic heterocycles. The molecule has 1 nitrogen and oxygen atoms in total. The molecule has 0 aromatic rings. The van der Waals surface area contributed by atoms with Gasteiger partial charge in [0.2, 0.25) is 0 Å². The van der Waals surface area contributed by atoms with Crippen LogP contribution in [0.5, 0.6) is 0 Å². The molecule has 1 rings (SSSR count). The van der Waals surface area contributed by atoms with Crippen LogP contribution in [0.3, 0.4) is 0 Å². The lowest BCUT2D eigenvalue weighted by Crippen LogP contribution is -2.14. The van der Waals surface area contributed by atoms with Crippen LogP contribution in [0.2, 0.25) is 0 Å².